The van der Waals surface area contributed by atoms with Gasteiger partial charge in [0.05, 0.1) is 5.60 Å². The number of likely N-dealkylation sites (tertiary alicyclic amines) is 1. The highest BCUT2D eigenvalue weighted by atomic mass is 16.6. The molecule has 19 heavy (non-hydrogen) atoms. The minimum atomic E-state index is -0.658. The average Bonchev–Trinajstić information content (AvgIpc) is 2.58. The van der Waals surface area contributed by atoms with Crippen molar-refractivity contribution >= 4 is 6.09 Å². The fourth-order valence-electron chi connectivity index (χ4n) is 2.26. The van der Waals surface area contributed by atoms with Gasteiger partial charge in [-0.2, -0.15) is 0 Å². The van der Waals surface area contributed by atoms with Gasteiger partial charge in [-0.25, -0.2) is 4.79 Å². The maximum absolute atomic E-state index is 12.0. The molecule has 0 aliphatic carbocycles. The van der Waals surface area contributed by atoms with E-state index in [9.17, 15) is 9.90 Å². The van der Waals surface area contributed by atoms with Gasteiger partial charge in [-0.05, 0) is 31.7 Å². The quantitative estimate of drug-likeness (QED) is 0.892. The zero-order valence-electron chi connectivity index (χ0n) is 11.3. The molecule has 104 valence electrons. The molecule has 1 aromatic carbocycles. The number of benzene rings is 1. The number of amides is 1. The van der Waals surface area contributed by atoms with Crippen molar-refractivity contribution in [1.29, 1.82) is 0 Å². The van der Waals surface area contributed by atoms with Gasteiger partial charge in [-0.1, -0.05) is 30.3 Å². The van der Waals surface area contributed by atoms with Crippen LogP contribution in [0.2, 0.25) is 0 Å². The van der Waals surface area contributed by atoms with E-state index in [0.717, 1.165) is 18.4 Å². The number of rotatable bonds is 2. The molecule has 1 aromatic rings. The molecule has 0 spiro atoms. The summed E-state index contributed by atoms with van der Waals surface area (Å²) in [5.41, 5.74) is 0.326. The van der Waals surface area contributed by atoms with Crippen LogP contribution >= 0.6 is 0 Å². The van der Waals surface area contributed by atoms with Crippen LogP contribution in [0.25, 0.3) is 0 Å². The van der Waals surface area contributed by atoms with Gasteiger partial charge in [-0.15, -0.1) is 0 Å². The molecule has 2 rings (SSSR count). The first-order valence-corrected chi connectivity index (χ1v) is 6.75. The van der Waals surface area contributed by atoms with Crippen LogP contribution in [0.15, 0.2) is 30.3 Å². The smallest absolute Gasteiger partial charge is 0.410 e. The van der Waals surface area contributed by atoms with Crippen molar-refractivity contribution in [3.63, 3.8) is 0 Å². The van der Waals surface area contributed by atoms with Gasteiger partial charge < -0.3 is 14.7 Å². The molecule has 1 heterocycles. The number of aliphatic hydroxyl groups is 1. The number of hydrogen-bond acceptors (Lipinski definition) is 3. The van der Waals surface area contributed by atoms with Gasteiger partial charge in [0.25, 0.3) is 0 Å². The third-order valence-corrected chi connectivity index (χ3v) is 3.53. The summed E-state index contributed by atoms with van der Waals surface area (Å²) in [7, 11) is 0. The average molecular weight is 263 g/mol. The standard InChI is InChI=1S/C15H21NO3/c1-15(18)8-5-10-16(11-9-15)14(17)19-12-13-6-3-2-4-7-13/h2-4,6-7,18H,5,8-12H2,1H3/t15-/m0/s1. The third kappa shape index (κ3) is 4.24. The van der Waals surface area contributed by atoms with Crippen LogP contribution in [-0.4, -0.2) is 34.8 Å². The van der Waals surface area contributed by atoms with E-state index in [1.165, 1.54) is 0 Å². The zero-order chi connectivity index (χ0) is 13.7. The molecule has 0 unspecified atom stereocenters. The highest BCUT2D eigenvalue weighted by Crippen LogP contribution is 2.21. The lowest BCUT2D eigenvalue weighted by Gasteiger charge is -2.22. The van der Waals surface area contributed by atoms with Crippen LogP contribution in [0.3, 0.4) is 0 Å². The van der Waals surface area contributed by atoms with Crippen molar-refractivity contribution in [1.82, 2.24) is 4.90 Å². The molecule has 1 atom stereocenters. The highest BCUT2D eigenvalue weighted by molar-refractivity contribution is 5.67. The van der Waals surface area contributed by atoms with Crippen molar-refractivity contribution in [3.05, 3.63) is 35.9 Å². The summed E-state index contributed by atoms with van der Waals surface area (Å²) >= 11 is 0. The van der Waals surface area contributed by atoms with Crippen LogP contribution in [-0.2, 0) is 11.3 Å². The Hall–Kier alpha value is -1.55. The molecule has 4 nitrogen and oxygen atoms in total. The lowest BCUT2D eigenvalue weighted by Crippen LogP contribution is -2.33. The SMILES string of the molecule is C[C@]1(O)CCCN(C(=O)OCc2ccccc2)CC1. The number of nitrogens with zero attached hydrogens (tertiary/aromatic N) is 1. The Balaban J connectivity index is 1.83. The Bertz CT molecular complexity index is 417. The fourth-order valence-corrected chi connectivity index (χ4v) is 2.26. The van der Waals surface area contributed by atoms with E-state index in [1.807, 2.05) is 37.3 Å². The minimum absolute atomic E-state index is 0.290. The Labute approximate surface area is 114 Å². The first-order chi connectivity index (χ1) is 9.07. The van der Waals surface area contributed by atoms with Crippen molar-refractivity contribution < 1.29 is 14.6 Å². The third-order valence-electron chi connectivity index (χ3n) is 3.53. The predicted octanol–water partition coefficient (Wildman–Crippen LogP) is 2.56. The second-order valence-electron chi connectivity index (χ2n) is 5.38. The van der Waals surface area contributed by atoms with Crippen molar-refractivity contribution in [2.75, 3.05) is 13.1 Å². The lowest BCUT2D eigenvalue weighted by atomic mass is 9.98. The summed E-state index contributed by atoms with van der Waals surface area (Å²) in [4.78, 5) is 13.6. The van der Waals surface area contributed by atoms with E-state index in [-0.39, 0.29) is 6.09 Å². The Morgan fingerprint density at radius 3 is 2.79 bits per heavy atom. The summed E-state index contributed by atoms with van der Waals surface area (Å²) in [5.74, 6) is 0. The van der Waals surface area contributed by atoms with Crippen molar-refractivity contribution in [2.24, 2.45) is 0 Å². The predicted molar refractivity (Wildman–Crippen MR) is 72.7 cm³/mol. The first kappa shape index (κ1) is 13.9. The van der Waals surface area contributed by atoms with E-state index < -0.39 is 5.60 Å². The highest BCUT2D eigenvalue weighted by Gasteiger charge is 2.27. The topological polar surface area (TPSA) is 49.8 Å². The van der Waals surface area contributed by atoms with Gasteiger partial charge in [0.15, 0.2) is 0 Å². The van der Waals surface area contributed by atoms with E-state index >= 15 is 0 Å². The van der Waals surface area contributed by atoms with Crippen molar-refractivity contribution in [3.8, 4) is 0 Å². The summed E-state index contributed by atoms with van der Waals surface area (Å²) < 4.78 is 5.30. The molecule has 0 aromatic heterocycles. The molecule has 4 heteroatoms. The number of hydrogen-bond donors (Lipinski definition) is 1. The maximum atomic E-state index is 12.0. The zero-order valence-corrected chi connectivity index (χ0v) is 11.3. The first-order valence-electron chi connectivity index (χ1n) is 6.75. The van der Waals surface area contributed by atoms with Gasteiger partial charge in [0.2, 0.25) is 0 Å². The van der Waals surface area contributed by atoms with Gasteiger partial charge in [-0.3, -0.25) is 0 Å². The molecule has 1 saturated heterocycles. The fraction of sp³-hybridized carbons (Fsp3) is 0.533. The van der Waals surface area contributed by atoms with Crippen LogP contribution < -0.4 is 0 Å². The second-order valence-corrected chi connectivity index (χ2v) is 5.38. The Morgan fingerprint density at radius 2 is 2.05 bits per heavy atom. The molecular formula is C15H21NO3. The lowest BCUT2D eigenvalue weighted by molar-refractivity contribution is 0.0434. The summed E-state index contributed by atoms with van der Waals surface area (Å²) in [6, 6.07) is 9.64. The van der Waals surface area contributed by atoms with Gasteiger partial charge in [0.1, 0.15) is 6.61 Å². The van der Waals surface area contributed by atoms with Crippen LogP contribution in [0.1, 0.15) is 31.7 Å². The molecule has 0 saturated carbocycles. The van der Waals surface area contributed by atoms with Crippen LogP contribution in [0.5, 0.6) is 0 Å². The molecule has 1 N–H and O–H groups in total. The second kappa shape index (κ2) is 6.06. The molecule has 1 aliphatic rings. The molecule has 0 bridgehead atoms. The number of carbonyl (C=O) groups is 1. The normalized spacial score (nSPS) is 23.8. The molecule has 0 radical (unpaired) electrons. The summed E-state index contributed by atoms with van der Waals surface area (Å²) in [6.45, 7) is 3.34. The van der Waals surface area contributed by atoms with E-state index in [4.69, 9.17) is 4.74 Å². The summed E-state index contributed by atoms with van der Waals surface area (Å²) in [6.07, 6.45) is 1.86. The van der Waals surface area contributed by atoms with E-state index in [2.05, 4.69) is 0 Å². The monoisotopic (exact) mass is 263 g/mol. The molecule has 1 aliphatic heterocycles. The molecule has 1 fully saturated rings. The van der Waals surface area contributed by atoms with E-state index in [0.29, 0.717) is 26.1 Å². The molecule has 1 amide bonds. The van der Waals surface area contributed by atoms with Crippen LogP contribution in [0.4, 0.5) is 4.79 Å². The number of ether oxygens (including phenoxy) is 1. The van der Waals surface area contributed by atoms with Gasteiger partial charge in [0, 0.05) is 13.1 Å². The maximum Gasteiger partial charge on any atom is 0.410 e. The number of carbonyl (C=O) groups excluding carboxylic acids is 1. The Morgan fingerprint density at radius 1 is 1.32 bits per heavy atom. The Kier molecular flexibility index (Phi) is 4.43. The molecular weight excluding hydrogens is 242 g/mol. The minimum Gasteiger partial charge on any atom is -0.445 e. The van der Waals surface area contributed by atoms with E-state index in [1.54, 1.807) is 4.90 Å². The van der Waals surface area contributed by atoms with Crippen molar-refractivity contribution in [2.45, 2.75) is 38.4 Å². The van der Waals surface area contributed by atoms with Crippen LogP contribution in [0, 0.1) is 0 Å². The largest absolute Gasteiger partial charge is 0.445 e. The van der Waals surface area contributed by atoms with Gasteiger partial charge >= 0.3 is 6.09 Å². The summed E-state index contributed by atoms with van der Waals surface area (Å²) in [5, 5.41) is 9.98.